The van der Waals surface area contributed by atoms with Crippen LogP contribution in [0.1, 0.15) is 12.8 Å². The number of halogens is 1. The molecule has 0 atom stereocenters. The molecule has 0 heterocycles. The fraction of sp³-hybridized carbons (Fsp3) is 0.857. The van der Waals surface area contributed by atoms with Crippen LogP contribution in [0.15, 0.2) is 0 Å². The van der Waals surface area contributed by atoms with Crippen molar-refractivity contribution in [2.75, 3.05) is 0 Å². The fourth-order valence-corrected chi connectivity index (χ4v) is 2.13. The molecule has 0 amide bonds. The van der Waals surface area contributed by atoms with Gasteiger partial charge in [0.05, 0.1) is 0 Å². The van der Waals surface area contributed by atoms with E-state index in [1.165, 1.54) is 6.04 Å². The Labute approximate surface area is 68.8 Å². The highest BCUT2D eigenvalue weighted by Crippen LogP contribution is 2.13. The average Bonchev–Trinajstić information content (AvgIpc) is 1.59. The van der Waals surface area contributed by atoms with E-state index in [0.717, 1.165) is 6.42 Å². The summed E-state index contributed by atoms with van der Waals surface area (Å²) in [5.74, 6) is 0. The largest absolute Gasteiger partial charge is 0.281 e. The molecule has 1 nitrogen and oxygen atoms in total. The van der Waals surface area contributed by atoms with Crippen LogP contribution in [-0.2, 0) is 4.79 Å². The van der Waals surface area contributed by atoms with E-state index in [9.17, 15) is 4.79 Å². The zero-order valence-corrected chi connectivity index (χ0v) is 8.66. The van der Waals surface area contributed by atoms with Gasteiger partial charge in [0.25, 0.3) is 0 Å². The van der Waals surface area contributed by atoms with Crippen molar-refractivity contribution in [3.05, 3.63) is 0 Å². The topological polar surface area (TPSA) is 17.1 Å². The zero-order valence-electron chi connectivity index (χ0n) is 6.91. The molecule has 0 aromatic heterocycles. The maximum Gasteiger partial charge on any atom is 0.221 e. The number of hydrogen-bond donors (Lipinski definition) is 0. The molecule has 0 aliphatic carbocycles. The molecule has 0 rings (SSSR count). The lowest BCUT2D eigenvalue weighted by Crippen LogP contribution is -2.18. The van der Waals surface area contributed by atoms with Gasteiger partial charge in [0, 0.05) is 14.5 Å². The maximum absolute atomic E-state index is 10.3. The molecule has 0 radical (unpaired) electrons. The smallest absolute Gasteiger partial charge is 0.221 e. The highest BCUT2D eigenvalue weighted by molar-refractivity contribution is 6.76. The Hall–Kier alpha value is 0.177. The summed E-state index contributed by atoms with van der Waals surface area (Å²) in [6.45, 7) is 6.89. The molecule has 0 saturated heterocycles. The maximum atomic E-state index is 10.3. The van der Waals surface area contributed by atoms with E-state index in [-0.39, 0.29) is 5.24 Å². The normalized spacial score (nSPS) is 11.6. The van der Waals surface area contributed by atoms with Crippen molar-refractivity contribution in [1.29, 1.82) is 0 Å². The fourth-order valence-electron chi connectivity index (χ4n) is 0.758. The van der Waals surface area contributed by atoms with Gasteiger partial charge in [-0.2, -0.15) is 0 Å². The van der Waals surface area contributed by atoms with Gasteiger partial charge in [-0.1, -0.05) is 25.7 Å². The van der Waals surface area contributed by atoms with Crippen LogP contribution >= 0.6 is 11.6 Å². The summed E-state index contributed by atoms with van der Waals surface area (Å²) < 4.78 is 0. The van der Waals surface area contributed by atoms with E-state index in [1.54, 1.807) is 0 Å². The Balaban J connectivity index is 3.29. The van der Waals surface area contributed by atoms with Crippen LogP contribution in [-0.4, -0.2) is 13.3 Å². The van der Waals surface area contributed by atoms with Gasteiger partial charge in [-0.15, -0.1) is 0 Å². The Morgan fingerprint density at radius 2 is 1.90 bits per heavy atom. The lowest BCUT2D eigenvalue weighted by atomic mass is 10.4. The van der Waals surface area contributed by atoms with Crippen molar-refractivity contribution in [2.24, 2.45) is 0 Å². The van der Waals surface area contributed by atoms with Gasteiger partial charge in [0.15, 0.2) is 0 Å². The van der Waals surface area contributed by atoms with Gasteiger partial charge < -0.3 is 0 Å². The quantitative estimate of drug-likeness (QED) is 0.478. The summed E-state index contributed by atoms with van der Waals surface area (Å²) in [5.41, 5.74) is 0. The summed E-state index contributed by atoms with van der Waals surface area (Å²) >= 11 is 5.18. The summed E-state index contributed by atoms with van der Waals surface area (Å²) in [7, 11) is -0.935. The Morgan fingerprint density at radius 3 is 2.20 bits per heavy atom. The Kier molecular flexibility index (Phi) is 4.21. The molecule has 0 aliphatic rings. The second kappa shape index (κ2) is 4.14. The van der Waals surface area contributed by atoms with Gasteiger partial charge in [-0.3, -0.25) is 4.79 Å². The van der Waals surface area contributed by atoms with Crippen LogP contribution < -0.4 is 0 Å². The van der Waals surface area contributed by atoms with Crippen molar-refractivity contribution in [3.63, 3.8) is 0 Å². The minimum atomic E-state index is -0.935. The molecule has 0 aliphatic heterocycles. The minimum absolute atomic E-state index is 0.196. The van der Waals surface area contributed by atoms with E-state index in [2.05, 4.69) is 19.6 Å². The molecule has 3 heteroatoms. The van der Waals surface area contributed by atoms with E-state index in [4.69, 9.17) is 11.6 Å². The first-order chi connectivity index (χ1) is 4.42. The van der Waals surface area contributed by atoms with Crippen molar-refractivity contribution in [2.45, 2.75) is 38.5 Å². The number of rotatable bonds is 4. The second-order valence-electron chi connectivity index (χ2n) is 3.77. The molecular weight excluding hydrogens is 164 g/mol. The van der Waals surface area contributed by atoms with Crippen LogP contribution in [0, 0.1) is 0 Å². The van der Waals surface area contributed by atoms with Crippen molar-refractivity contribution < 1.29 is 4.79 Å². The Bertz CT molecular complexity index is 117. The predicted molar refractivity (Wildman–Crippen MR) is 48.2 cm³/mol. The van der Waals surface area contributed by atoms with Crippen molar-refractivity contribution in [3.8, 4) is 0 Å². The van der Waals surface area contributed by atoms with Crippen molar-refractivity contribution in [1.82, 2.24) is 0 Å². The van der Waals surface area contributed by atoms with Crippen LogP contribution in [0.2, 0.25) is 25.7 Å². The van der Waals surface area contributed by atoms with Crippen LogP contribution in [0.3, 0.4) is 0 Å². The summed E-state index contributed by atoms with van der Waals surface area (Å²) in [5, 5.41) is -0.196. The molecule has 0 aromatic rings. The van der Waals surface area contributed by atoms with E-state index >= 15 is 0 Å². The van der Waals surface area contributed by atoms with Gasteiger partial charge in [0.1, 0.15) is 0 Å². The van der Waals surface area contributed by atoms with Gasteiger partial charge in [0.2, 0.25) is 5.24 Å². The molecular formula is C7H15ClOSi. The molecule has 0 N–H and O–H groups in total. The number of hydrogen-bond acceptors (Lipinski definition) is 1. The Morgan fingerprint density at radius 1 is 1.40 bits per heavy atom. The first kappa shape index (κ1) is 10.2. The third kappa shape index (κ3) is 8.18. The molecule has 0 aromatic carbocycles. The molecule has 10 heavy (non-hydrogen) atoms. The standard InChI is InChI=1S/C7H15ClOSi/c1-10(2,3)6-4-5-7(8)9/h4-6H2,1-3H3. The number of carbonyl (C=O) groups is 1. The summed E-state index contributed by atoms with van der Waals surface area (Å²) in [4.78, 5) is 10.3. The molecule has 0 spiro atoms. The van der Waals surface area contributed by atoms with Gasteiger partial charge in [-0.25, -0.2) is 0 Å². The van der Waals surface area contributed by atoms with Crippen LogP contribution in [0.4, 0.5) is 0 Å². The van der Waals surface area contributed by atoms with E-state index in [0.29, 0.717) is 6.42 Å². The summed E-state index contributed by atoms with van der Waals surface area (Å²) in [6, 6.07) is 1.20. The third-order valence-electron chi connectivity index (χ3n) is 1.30. The van der Waals surface area contributed by atoms with Crippen LogP contribution in [0.5, 0.6) is 0 Å². The van der Waals surface area contributed by atoms with Gasteiger partial charge in [-0.05, 0) is 18.0 Å². The first-order valence-corrected chi connectivity index (χ1v) is 7.69. The molecule has 60 valence electrons. The molecule has 0 fully saturated rings. The molecule has 0 bridgehead atoms. The zero-order chi connectivity index (χ0) is 8.20. The lowest BCUT2D eigenvalue weighted by molar-refractivity contribution is -0.111. The van der Waals surface area contributed by atoms with Gasteiger partial charge >= 0.3 is 0 Å². The van der Waals surface area contributed by atoms with E-state index in [1.807, 2.05) is 0 Å². The van der Waals surface area contributed by atoms with E-state index < -0.39 is 8.07 Å². The monoisotopic (exact) mass is 178 g/mol. The lowest BCUT2D eigenvalue weighted by Gasteiger charge is -2.13. The average molecular weight is 179 g/mol. The second-order valence-corrected chi connectivity index (χ2v) is 9.81. The first-order valence-electron chi connectivity index (χ1n) is 3.60. The van der Waals surface area contributed by atoms with Crippen molar-refractivity contribution >= 4 is 24.9 Å². The molecule has 0 unspecified atom stereocenters. The highest BCUT2D eigenvalue weighted by atomic mass is 35.5. The summed E-state index contributed by atoms with van der Waals surface area (Å²) in [6.07, 6.45) is 1.52. The predicted octanol–water partition coefficient (Wildman–Crippen LogP) is 2.87. The number of carbonyl (C=O) groups excluding carboxylic acids is 1. The highest BCUT2D eigenvalue weighted by Gasteiger charge is 2.12. The SMILES string of the molecule is C[Si](C)(C)CCCC(=O)Cl. The third-order valence-corrected chi connectivity index (χ3v) is 3.34. The molecule has 0 saturated carbocycles. The minimum Gasteiger partial charge on any atom is -0.281 e. The van der Waals surface area contributed by atoms with Crippen LogP contribution in [0.25, 0.3) is 0 Å².